The number of hydrogen-bond acceptors (Lipinski definition) is 0. The van der Waals surface area contributed by atoms with Gasteiger partial charge in [0.05, 0.1) is 0 Å². The van der Waals surface area contributed by atoms with Crippen LogP contribution in [0.2, 0.25) is 0 Å². The topological polar surface area (TPSA) is 0 Å². The number of allylic oxidation sites excluding steroid dienone is 2. The van der Waals surface area contributed by atoms with E-state index in [0.717, 1.165) is 5.88 Å². The summed E-state index contributed by atoms with van der Waals surface area (Å²) in [5.41, 5.74) is 0. The van der Waals surface area contributed by atoms with Crippen LogP contribution >= 0.6 is 11.6 Å². The molecule has 0 aliphatic heterocycles. The van der Waals surface area contributed by atoms with Crippen molar-refractivity contribution in [1.29, 1.82) is 0 Å². The van der Waals surface area contributed by atoms with Crippen molar-refractivity contribution in [3.05, 3.63) is 12.2 Å². The molecule has 0 aliphatic rings. The van der Waals surface area contributed by atoms with E-state index >= 15 is 0 Å². The summed E-state index contributed by atoms with van der Waals surface area (Å²) < 4.78 is 0. The average Bonchev–Trinajstić information content (AvgIpc) is 2.57. The van der Waals surface area contributed by atoms with Crippen LogP contribution < -0.4 is 0 Å². The van der Waals surface area contributed by atoms with E-state index in [1.807, 2.05) is 0 Å². The van der Waals surface area contributed by atoms with E-state index in [2.05, 4.69) is 19.1 Å². The van der Waals surface area contributed by atoms with E-state index in [4.69, 9.17) is 11.6 Å². The highest BCUT2D eigenvalue weighted by atomic mass is 35.5. The normalized spacial score (nSPS) is 11.6. The first-order valence-electron chi connectivity index (χ1n) is 10.6. The molecule has 0 radical (unpaired) electrons. The van der Waals surface area contributed by atoms with Crippen LogP contribution in [0.4, 0.5) is 0 Å². The minimum Gasteiger partial charge on any atom is -0.127 e. The maximum absolute atomic E-state index is 5.68. The first kappa shape index (κ1) is 23.0. The highest BCUT2D eigenvalue weighted by molar-refractivity contribution is 6.17. The van der Waals surface area contributed by atoms with Gasteiger partial charge in [-0.3, -0.25) is 0 Å². The van der Waals surface area contributed by atoms with E-state index in [9.17, 15) is 0 Å². The van der Waals surface area contributed by atoms with Gasteiger partial charge in [0.15, 0.2) is 0 Å². The van der Waals surface area contributed by atoms with Crippen molar-refractivity contribution in [2.75, 3.05) is 5.88 Å². The molecule has 0 fully saturated rings. The number of alkyl halides is 1. The summed E-state index contributed by atoms with van der Waals surface area (Å²) in [6.07, 6.45) is 29.8. The van der Waals surface area contributed by atoms with Gasteiger partial charge < -0.3 is 0 Å². The molecule has 138 valence electrons. The average molecular weight is 343 g/mol. The summed E-state index contributed by atoms with van der Waals surface area (Å²) in [5, 5.41) is 0. The third kappa shape index (κ3) is 22.0. The highest BCUT2D eigenvalue weighted by Crippen LogP contribution is 2.12. The molecular formula is C22H43Cl. The Labute approximate surface area is 152 Å². The molecule has 0 N–H and O–H groups in total. The van der Waals surface area contributed by atoms with Crippen LogP contribution in [0.1, 0.15) is 122 Å². The summed E-state index contributed by atoms with van der Waals surface area (Å²) in [6, 6.07) is 0. The zero-order valence-corrected chi connectivity index (χ0v) is 16.7. The summed E-state index contributed by atoms with van der Waals surface area (Å²) in [4.78, 5) is 0. The molecular weight excluding hydrogens is 300 g/mol. The van der Waals surface area contributed by atoms with Gasteiger partial charge in [0.2, 0.25) is 0 Å². The first-order valence-corrected chi connectivity index (χ1v) is 11.2. The Balaban J connectivity index is 3.02. The van der Waals surface area contributed by atoms with E-state index in [-0.39, 0.29) is 0 Å². The quantitative estimate of drug-likeness (QED) is 0.125. The Kier molecular flexibility index (Phi) is 22.1. The lowest BCUT2D eigenvalue weighted by molar-refractivity contribution is 0.558. The number of rotatable bonds is 19. The molecule has 0 aromatic carbocycles. The van der Waals surface area contributed by atoms with E-state index in [1.165, 1.54) is 116 Å². The van der Waals surface area contributed by atoms with Crippen molar-refractivity contribution in [2.45, 2.75) is 122 Å². The molecule has 0 atom stereocenters. The van der Waals surface area contributed by atoms with Crippen molar-refractivity contribution in [2.24, 2.45) is 0 Å². The van der Waals surface area contributed by atoms with Gasteiger partial charge in [0, 0.05) is 5.88 Å². The van der Waals surface area contributed by atoms with Crippen molar-refractivity contribution >= 4 is 11.6 Å². The van der Waals surface area contributed by atoms with Crippen LogP contribution in [0.15, 0.2) is 12.2 Å². The second kappa shape index (κ2) is 22.0. The minimum atomic E-state index is 0.841. The van der Waals surface area contributed by atoms with E-state index in [0.29, 0.717) is 0 Å². The lowest BCUT2D eigenvalue weighted by Gasteiger charge is -2.01. The Morgan fingerprint density at radius 3 is 1.22 bits per heavy atom. The molecule has 0 bridgehead atoms. The van der Waals surface area contributed by atoms with Crippen molar-refractivity contribution in [1.82, 2.24) is 0 Å². The van der Waals surface area contributed by atoms with Crippen molar-refractivity contribution in [3.8, 4) is 0 Å². The maximum Gasteiger partial charge on any atom is 0.0223 e. The predicted octanol–water partition coefficient (Wildman–Crippen LogP) is 8.82. The van der Waals surface area contributed by atoms with Crippen LogP contribution in [0.25, 0.3) is 0 Å². The van der Waals surface area contributed by atoms with Crippen LogP contribution in [-0.2, 0) is 0 Å². The van der Waals surface area contributed by atoms with E-state index in [1.54, 1.807) is 0 Å². The zero-order chi connectivity index (χ0) is 16.8. The number of halogens is 1. The maximum atomic E-state index is 5.68. The molecule has 0 saturated carbocycles. The predicted molar refractivity (Wildman–Crippen MR) is 109 cm³/mol. The molecule has 0 amide bonds. The van der Waals surface area contributed by atoms with Gasteiger partial charge in [-0.1, -0.05) is 103 Å². The molecule has 0 saturated heterocycles. The third-order valence-corrected chi connectivity index (χ3v) is 4.91. The standard InChI is InChI=1S/C22H43Cl/c1-2-3-4-5-6-7-8-9-10-11-12-13-14-15-16-17-18-19-20-21-22-23/h9-10H,2-8,11-22H2,1H3/b10-9-. The summed E-state index contributed by atoms with van der Waals surface area (Å²) in [6.45, 7) is 2.29. The van der Waals surface area contributed by atoms with Crippen molar-refractivity contribution in [3.63, 3.8) is 0 Å². The molecule has 0 aromatic rings. The highest BCUT2D eigenvalue weighted by Gasteiger charge is 1.93. The second-order valence-electron chi connectivity index (χ2n) is 7.04. The van der Waals surface area contributed by atoms with Crippen LogP contribution in [0, 0.1) is 0 Å². The van der Waals surface area contributed by atoms with E-state index < -0.39 is 0 Å². The Morgan fingerprint density at radius 1 is 0.478 bits per heavy atom. The Morgan fingerprint density at radius 2 is 0.826 bits per heavy atom. The summed E-state index contributed by atoms with van der Waals surface area (Å²) >= 11 is 5.68. The van der Waals surface area contributed by atoms with Gasteiger partial charge in [-0.25, -0.2) is 0 Å². The Bertz CT molecular complexity index is 222. The number of unbranched alkanes of at least 4 members (excludes halogenated alkanes) is 16. The zero-order valence-electron chi connectivity index (χ0n) is 16.0. The molecule has 23 heavy (non-hydrogen) atoms. The molecule has 0 nitrogen and oxygen atoms in total. The second-order valence-corrected chi connectivity index (χ2v) is 7.42. The van der Waals surface area contributed by atoms with Crippen LogP contribution in [0.3, 0.4) is 0 Å². The fourth-order valence-electron chi connectivity index (χ4n) is 3.05. The van der Waals surface area contributed by atoms with Crippen LogP contribution in [0.5, 0.6) is 0 Å². The lowest BCUT2D eigenvalue weighted by atomic mass is 10.1. The molecule has 0 aliphatic carbocycles. The van der Waals surface area contributed by atoms with Gasteiger partial charge in [-0.05, 0) is 32.1 Å². The van der Waals surface area contributed by atoms with Gasteiger partial charge in [-0.15, -0.1) is 11.6 Å². The molecule has 0 aromatic heterocycles. The molecule has 1 heteroatoms. The molecule has 0 rings (SSSR count). The van der Waals surface area contributed by atoms with Crippen molar-refractivity contribution < 1.29 is 0 Å². The largest absolute Gasteiger partial charge is 0.127 e. The van der Waals surface area contributed by atoms with Gasteiger partial charge in [0.1, 0.15) is 0 Å². The summed E-state index contributed by atoms with van der Waals surface area (Å²) in [5.74, 6) is 0.841. The Hall–Kier alpha value is 0.0300. The SMILES string of the molecule is CCCCCCCC/C=C\CCCCCCCCCCCCCl. The molecule has 0 heterocycles. The van der Waals surface area contributed by atoms with Gasteiger partial charge >= 0.3 is 0 Å². The first-order chi connectivity index (χ1) is 11.4. The number of hydrogen-bond donors (Lipinski definition) is 0. The summed E-state index contributed by atoms with van der Waals surface area (Å²) in [7, 11) is 0. The third-order valence-electron chi connectivity index (χ3n) is 4.65. The fourth-order valence-corrected chi connectivity index (χ4v) is 3.24. The minimum absolute atomic E-state index is 0.841. The fraction of sp³-hybridized carbons (Fsp3) is 0.909. The lowest BCUT2D eigenvalue weighted by Crippen LogP contribution is -1.82. The monoisotopic (exact) mass is 342 g/mol. The molecule has 0 spiro atoms. The smallest absolute Gasteiger partial charge is 0.0223 e. The van der Waals surface area contributed by atoms with Gasteiger partial charge in [0.25, 0.3) is 0 Å². The van der Waals surface area contributed by atoms with Crippen LogP contribution in [-0.4, -0.2) is 5.88 Å². The molecule has 0 unspecified atom stereocenters. The van der Waals surface area contributed by atoms with Gasteiger partial charge in [-0.2, -0.15) is 0 Å².